The smallest absolute Gasteiger partial charge is 0.267 e. The van der Waals surface area contributed by atoms with Crippen LogP contribution in [-0.2, 0) is 10.0 Å². The zero-order valence-corrected chi connectivity index (χ0v) is 14.0. The maximum Gasteiger partial charge on any atom is 0.267 e. The third kappa shape index (κ3) is 3.23. The lowest BCUT2D eigenvalue weighted by atomic mass is 10.4. The van der Waals surface area contributed by atoms with Crippen molar-refractivity contribution in [3.05, 3.63) is 41.6 Å². The molecule has 3 heterocycles. The van der Waals surface area contributed by atoms with Crippen molar-refractivity contribution in [3.63, 3.8) is 0 Å². The standard InChI is InChI=1S/C14H15N5O4S/c1-8-6-13(18-22-8)16-12-5-4-11(7-15-12)19-24(20,21)14-9(2)17-23-10(14)3/h4-7,19H,1-3H3,(H,15,16,18). The van der Waals surface area contributed by atoms with Gasteiger partial charge in [0, 0.05) is 6.07 Å². The van der Waals surface area contributed by atoms with Crippen LogP contribution in [0.1, 0.15) is 17.2 Å². The predicted octanol–water partition coefficient (Wildman–Crippen LogP) is 2.53. The topological polar surface area (TPSA) is 123 Å². The maximum atomic E-state index is 12.4. The summed E-state index contributed by atoms with van der Waals surface area (Å²) in [4.78, 5) is 4.17. The van der Waals surface area contributed by atoms with Crippen LogP contribution >= 0.6 is 0 Å². The summed E-state index contributed by atoms with van der Waals surface area (Å²) >= 11 is 0. The van der Waals surface area contributed by atoms with E-state index in [-0.39, 0.29) is 10.7 Å². The van der Waals surface area contributed by atoms with Crippen LogP contribution in [0.4, 0.5) is 17.3 Å². The van der Waals surface area contributed by atoms with Gasteiger partial charge < -0.3 is 14.4 Å². The van der Waals surface area contributed by atoms with Crippen molar-refractivity contribution in [2.24, 2.45) is 0 Å². The van der Waals surface area contributed by atoms with Gasteiger partial charge in [0.05, 0.1) is 11.9 Å². The molecule has 0 aliphatic carbocycles. The van der Waals surface area contributed by atoms with E-state index in [0.717, 1.165) is 0 Å². The number of aromatic nitrogens is 3. The van der Waals surface area contributed by atoms with Crippen LogP contribution in [0.2, 0.25) is 0 Å². The third-order valence-corrected chi connectivity index (χ3v) is 4.76. The highest BCUT2D eigenvalue weighted by molar-refractivity contribution is 7.92. The van der Waals surface area contributed by atoms with Gasteiger partial charge in [0.1, 0.15) is 17.3 Å². The van der Waals surface area contributed by atoms with E-state index < -0.39 is 10.0 Å². The number of hydrogen-bond donors (Lipinski definition) is 2. The Bertz CT molecular complexity index is 940. The average molecular weight is 349 g/mol. The van der Waals surface area contributed by atoms with Crippen molar-refractivity contribution in [2.45, 2.75) is 25.7 Å². The van der Waals surface area contributed by atoms with E-state index in [0.29, 0.717) is 28.8 Å². The highest BCUT2D eigenvalue weighted by atomic mass is 32.2. The summed E-state index contributed by atoms with van der Waals surface area (Å²) in [5.41, 5.74) is 0.615. The van der Waals surface area contributed by atoms with Gasteiger partial charge in [-0.2, -0.15) is 0 Å². The maximum absolute atomic E-state index is 12.4. The van der Waals surface area contributed by atoms with Crippen molar-refractivity contribution in [3.8, 4) is 0 Å². The van der Waals surface area contributed by atoms with Gasteiger partial charge in [-0.15, -0.1) is 0 Å². The summed E-state index contributed by atoms with van der Waals surface area (Å²) in [6, 6.07) is 4.92. The molecular weight excluding hydrogens is 334 g/mol. The largest absolute Gasteiger partial charge is 0.360 e. The number of rotatable bonds is 5. The first-order chi connectivity index (χ1) is 11.3. The van der Waals surface area contributed by atoms with Crippen LogP contribution in [0.5, 0.6) is 0 Å². The molecule has 24 heavy (non-hydrogen) atoms. The molecule has 0 saturated carbocycles. The van der Waals surface area contributed by atoms with E-state index in [2.05, 4.69) is 25.3 Å². The molecule has 3 aromatic heterocycles. The Balaban J connectivity index is 1.76. The first kappa shape index (κ1) is 16.0. The number of nitrogens with zero attached hydrogens (tertiary/aromatic N) is 3. The zero-order valence-electron chi connectivity index (χ0n) is 13.2. The van der Waals surface area contributed by atoms with Crippen molar-refractivity contribution in [1.29, 1.82) is 0 Å². The van der Waals surface area contributed by atoms with E-state index in [1.54, 1.807) is 39.0 Å². The molecular formula is C14H15N5O4S. The Kier molecular flexibility index (Phi) is 3.97. The molecule has 0 amide bonds. The van der Waals surface area contributed by atoms with E-state index in [1.165, 1.54) is 6.20 Å². The Labute approximate surface area is 138 Å². The lowest BCUT2D eigenvalue weighted by molar-refractivity contribution is 0.390. The minimum absolute atomic E-state index is 0.0303. The molecule has 0 unspecified atom stereocenters. The van der Waals surface area contributed by atoms with Gasteiger partial charge in [-0.25, -0.2) is 13.4 Å². The van der Waals surface area contributed by atoms with E-state index >= 15 is 0 Å². The quantitative estimate of drug-likeness (QED) is 0.720. The second-order valence-corrected chi connectivity index (χ2v) is 6.76. The summed E-state index contributed by atoms with van der Waals surface area (Å²) in [5.74, 6) is 1.92. The Hall–Kier alpha value is -2.88. The molecule has 0 atom stereocenters. The number of aryl methyl sites for hydroxylation is 3. The molecule has 0 aliphatic heterocycles. The molecule has 126 valence electrons. The average Bonchev–Trinajstić information content (AvgIpc) is 3.07. The Morgan fingerprint density at radius 1 is 1.04 bits per heavy atom. The molecule has 2 N–H and O–H groups in total. The van der Waals surface area contributed by atoms with Gasteiger partial charge in [-0.1, -0.05) is 10.3 Å². The highest BCUT2D eigenvalue weighted by Crippen LogP contribution is 2.23. The molecule has 0 fully saturated rings. The van der Waals surface area contributed by atoms with Crippen molar-refractivity contribution in [1.82, 2.24) is 15.3 Å². The molecule has 3 aromatic rings. The number of sulfonamides is 1. The Morgan fingerprint density at radius 2 is 1.83 bits per heavy atom. The fourth-order valence-electron chi connectivity index (χ4n) is 2.15. The Morgan fingerprint density at radius 3 is 2.38 bits per heavy atom. The SMILES string of the molecule is Cc1cc(Nc2ccc(NS(=O)(=O)c3c(C)noc3C)cn2)no1. The van der Waals surface area contributed by atoms with Gasteiger partial charge in [0.2, 0.25) is 0 Å². The fourth-order valence-corrected chi connectivity index (χ4v) is 3.52. The number of anilines is 3. The first-order valence-electron chi connectivity index (χ1n) is 6.97. The molecule has 0 bridgehead atoms. The van der Waals surface area contributed by atoms with E-state index in [9.17, 15) is 8.42 Å². The summed E-state index contributed by atoms with van der Waals surface area (Å²) in [7, 11) is -3.79. The van der Waals surface area contributed by atoms with Gasteiger partial charge in [0.15, 0.2) is 16.5 Å². The van der Waals surface area contributed by atoms with Crippen molar-refractivity contribution >= 4 is 27.3 Å². The van der Waals surface area contributed by atoms with Crippen LogP contribution in [0.3, 0.4) is 0 Å². The lowest BCUT2D eigenvalue weighted by Gasteiger charge is -2.08. The molecule has 0 saturated heterocycles. The van der Waals surface area contributed by atoms with Crippen LogP contribution in [0, 0.1) is 20.8 Å². The molecule has 0 aromatic carbocycles. The molecule has 0 spiro atoms. The minimum Gasteiger partial charge on any atom is -0.360 e. The summed E-state index contributed by atoms with van der Waals surface area (Å²) < 4.78 is 37.1. The first-order valence-corrected chi connectivity index (χ1v) is 8.45. The van der Waals surface area contributed by atoms with Gasteiger partial charge in [-0.05, 0) is 32.9 Å². The third-order valence-electron chi connectivity index (χ3n) is 3.14. The second-order valence-electron chi connectivity index (χ2n) is 5.14. The molecule has 0 radical (unpaired) electrons. The van der Waals surface area contributed by atoms with Crippen LogP contribution < -0.4 is 10.0 Å². The van der Waals surface area contributed by atoms with E-state index in [4.69, 9.17) is 9.05 Å². The lowest BCUT2D eigenvalue weighted by Crippen LogP contribution is -2.14. The number of hydrogen-bond acceptors (Lipinski definition) is 8. The summed E-state index contributed by atoms with van der Waals surface area (Å²) in [6.45, 7) is 4.88. The number of pyridine rings is 1. The van der Waals surface area contributed by atoms with Crippen LogP contribution in [0.25, 0.3) is 0 Å². The molecule has 3 rings (SSSR count). The van der Waals surface area contributed by atoms with Crippen LogP contribution in [0.15, 0.2) is 38.3 Å². The highest BCUT2D eigenvalue weighted by Gasteiger charge is 2.24. The monoisotopic (exact) mass is 349 g/mol. The van der Waals surface area contributed by atoms with Gasteiger partial charge in [0.25, 0.3) is 10.0 Å². The zero-order chi connectivity index (χ0) is 17.3. The molecule has 9 nitrogen and oxygen atoms in total. The summed E-state index contributed by atoms with van der Waals surface area (Å²) in [6.07, 6.45) is 1.39. The fraction of sp³-hybridized carbons (Fsp3) is 0.214. The normalized spacial score (nSPS) is 11.5. The van der Waals surface area contributed by atoms with E-state index in [1.807, 2.05) is 0 Å². The van der Waals surface area contributed by atoms with Gasteiger partial charge in [-0.3, -0.25) is 4.72 Å². The molecule has 0 aliphatic rings. The second kappa shape index (κ2) is 5.96. The van der Waals surface area contributed by atoms with Crippen LogP contribution in [-0.4, -0.2) is 23.7 Å². The van der Waals surface area contributed by atoms with Crippen molar-refractivity contribution in [2.75, 3.05) is 10.0 Å². The minimum atomic E-state index is -3.79. The molecule has 10 heteroatoms. The summed E-state index contributed by atoms with van der Waals surface area (Å²) in [5, 5.41) is 10.4. The van der Waals surface area contributed by atoms with Crippen molar-refractivity contribution < 1.29 is 17.5 Å². The predicted molar refractivity (Wildman–Crippen MR) is 85.5 cm³/mol. The number of nitrogens with one attached hydrogen (secondary N) is 2. The van der Waals surface area contributed by atoms with Gasteiger partial charge >= 0.3 is 0 Å².